The topological polar surface area (TPSA) is 43.8 Å². The van der Waals surface area contributed by atoms with Crippen LogP contribution in [0.25, 0.3) is 0 Å². The highest BCUT2D eigenvalue weighted by molar-refractivity contribution is 5.45. The van der Waals surface area contributed by atoms with Crippen molar-refractivity contribution in [1.82, 2.24) is 9.55 Å². The maximum Gasteiger partial charge on any atom is 0.127 e. The molecule has 1 atom stereocenters. The lowest BCUT2D eigenvalue weighted by atomic mass is 9.98. The Balaban J connectivity index is 1.99. The molecule has 1 fully saturated rings. The molecule has 1 saturated carbocycles. The zero-order valence-electron chi connectivity index (χ0n) is 13.0. The highest BCUT2D eigenvalue weighted by Gasteiger charge is 2.26. The molecule has 0 aliphatic heterocycles. The van der Waals surface area contributed by atoms with Gasteiger partial charge in [0.25, 0.3) is 0 Å². The van der Waals surface area contributed by atoms with Gasteiger partial charge in [-0.15, -0.1) is 0 Å². The third-order valence-electron chi connectivity index (χ3n) is 4.81. The molecule has 1 aliphatic carbocycles. The number of hydrogen-bond acceptors (Lipinski definition) is 2. The van der Waals surface area contributed by atoms with Gasteiger partial charge in [-0.3, -0.25) is 0 Å². The summed E-state index contributed by atoms with van der Waals surface area (Å²) in [4.78, 5) is 4.98. The SMILES string of the molecule is CCn1c(C2CCCC2)nc(C(C)c2ccccc2)c1N. The third kappa shape index (κ3) is 2.57. The fourth-order valence-corrected chi connectivity index (χ4v) is 3.55. The van der Waals surface area contributed by atoms with E-state index in [1.165, 1.54) is 37.1 Å². The van der Waals surface area contributed by atoms with E-state index in [0.29, 0.717) is 5.92 Å². The van der Waals surface area contributed by atoms with Crippen molar-refractivity contribution in [2.75, 3.05) is 5.73 Å². The second-order valence-electron chi connectivity index (χ2n) is 6.10. The van der Waals surface area contributed by atoms with Gasteiger partial charge in [-0.1, -0.05) is 50.1 Å². The van der Waals surface area contributed by atoms with Crippen LogP contribution in [0, 0.1) is 0 Å². The van der Waals surface area contributed by atoms with Gasteiger partial charge >= 0.3 is 0 Å². The van der Waals surface area contributed by atoms with E-state index >= 15 is 0 Å². The Hall–Kier alpha value is -1.77. The number of nitrogens with zero attached hydrogens (tertiary/aromatic N) is 2. The van der Waals surface area contributed by atoms with Crippen LogP contribution in [0.3, 0.4) is 0 Å². The zero-order chi connectivity index (χ0) is 14.8. The first-order valence-corrected chi connectivity index (χ1v) is 8.13. The van der Waals surface area contributed by atoms with Crippen LogP contribution in [-0.2, 0) is 6.54 Å². The summed E-state index contributed by atoms with van der Waals surface area (Å²) in [6.07, 6.45) is 5.17. The minimum atomic E-state index is 0.249. The van der Waals surface area contributed by atoms with E-state index in [2.05, 4.69) is 42.7 Å². The molecule has 1 unspecified atom stereocenters. The number of benzene rings is 1. The summed E-state index contributed by atoms with van der Waals surface area (Å²) >= 11 is 0. The van der Waals surface area contributed by atoms with Crippen molar-refractivity contribution in [3.05, 3.63) is 47.4 Å². The van der Waals surface area contributed by atoms with Crippen molar-refractivity contribution in [3.63, 3.8) is 0 Å². The fourth-order valence-electron chi connectivity index (χ4n) is 3.55. The van der Waals surface area contributed by atoms with Crippen LogP contribution in [0.5, 0.6) is 0 Å². The normalized spacial score (nSPS) is 17.2. The van der Waals surface area contributed by atoms with Gasteiger partial charge in [0.1, 0.15) is 11.6 Å². The van der Waals surface area contributed by atoms with Crippen LogP contribution in [0.4, 0.5) is 5.82 Å². The monoisotopic (exact) mass is 283 g/mol. The molecule has 1 heterocycles. The molecule has 0 saturated heterocycles. The summed E-state index contributed by atoms with van der Waals surface area (Å²) < 4.78 is 2.23. The summed E-state index contributed by atoms with van der Waals surface area (Å²) in [6.45, 7) is 5.27. The van der Waals surface area contributed by atoms with E-state index in [1.54, 1.807) is 0 Å². The molecule has 0 amide bonds. The number of hydrogen-bond donors (Lipinski definition) is 1. The van der Waals surface area contributed by atoms with Gasteiger partial charge in [0.05, 0.1) is 5.69 Å². The smallest absolute Gasteiger partial charge is 0.127 e. The summed E-state index contributed by atoms with van der Waals surface area (Å²) in [5.74, 6) is 2.92. The standard InChI is InChI=1S/C18H25N3/c1-3-21-17(19)16(13(2)14-9-5-4-6-10-14)20-18(21)15-11-7-8-12-15/h4-6,9-10,13,15H,3,7-8,11-12,19H2,1-2H3. The minimum absolute atomic E-state index is 0.249. The van der Waals surface area contributed by atoms with Crippen molar-refractivity contribution in [2.45, 2.75) is 57.9 Å². The van der Waals surface area contributed by atoms with E-state index in [1.807, 2.05) is 6.07 Å². The molecule has 0 radical (unpaired) electrons. The summed E-state index contributed by atoms with van der Waals surface area (Å²) in [5, 5.41) is 0. The Labute approximate surface area is 127 Å². The van der Waals surface area contributed by atoms with Crippen molar-refractivity contribution < 1.29 is 0 Å². The Morgan fingerprint density at radius 1 is 1.24 bits per heavy atom. The predicted molar refractivity (Wildman–Crippen MR) is 87.5 cm³/mol. The molecule has 2 aromatic rings. The van der Waals surface area contributed by atoms with Gasteiger partial charge in [-0.25, -0.2) is 4.98 Å². The molecule has 3 heteroatoms. The number of nitrogens with two attached hydrogens (primary N) is 1. The highest BCUT2D eigenvalue weighted by Crippen LogP contribution is 2.37. The largest absolute Gasteiger partial charge is 0.384 e. The molecule has 21 heavy (non-hydrogen) atoms. The summed E-state index contributed by atoms with van der Waals surface area (Å²) in [6, 6.07) is 10.5. The minimum Gasteiger partial charge on any atom is -0.384 e. The second-order valence-corrected chi connectivity index (χ2v) is 6.10. The summed E-state index contributed by atoms with van der Waals surface area (Å²) in [7, 11) is 0. The lowest BCUT2D eigenvalue weighted by molar-refractivity contribution is 0.603. The van der Waals surface area contributed by atoms with Crippen molar-refractivity contribution in [2.24, 2.45) is 0 Å². The van der Waals surface area contributed by atoms with Gasteiger partial charge in [0.2, 0.25) is 0 Å². The Kier molecular flexibility index (Phi) is 4.00. The molecule has 1 aromatic heterocycles. The highest BCUT2D eigenvalue weighted by atomic mass is 15.1. The van der Waals surface area contributed by atoms with Crippen LogP contribution >= 0.6 is 0 Å². The molecule has 2 N–H and O–H groups in total. The molecule has 0 bridgehead atoms. The Morgan fingerprint density at radius 3 is 2.52 bits per heavy atom. The first-order valence-electron chi connectivity index (χ1n) is 8.13. The number of aromatic nitrogens is 2. The van der Waals surface area contributed by atoms with E-state index in [0.717, 1.165) is 18.1 Å². The van der Waals surface area contributed by atoms with E-state index in [-0.39, 0.29) is 5.92 Å². The first-order chi connectivity index (χ1) is 10.2. The fraction of sp³-hybridized carbons (Fsp3) is 0.500. The lowest BCUT2D eigenvalue weighted by Crippen LogP contribution is -2.08. The second kappa shape index (κ2) is 5.92. The molecule has 1 aromatic carbocycles. The maximum atomic E-state index is 6.42. The van der Waals surface area contributed by atoms with Crippen LogP contribution in [-0.4, -0.2) is 9.55 Å². The number of imidazole rings is 1. The van der Waals surface area contributed by atoms with Crippen LogP contribution in [0.15, 0.2) is 30.3 Å². The van der Waals surface area contributed by atoms with Gasteiger partial charge in [-0.05, 0) is 25.3 Å². The van der Waals surface area contributed by atoms with Crippen molar-refractivity contribution in [3.8, 4) is 0 Å². The van der Waals surface area contributed by atoms with Gasteiger partial charge in [0.15, 0.2) is 0 Å². The average molecular weight is 283 g/mol. The van der Waals surface area contributed by atoms with Gasteiger partial charge in [-0.2, -0.15) is 0 Å². The number of nitrogen functional groups attached to an aromatic ring is 1. The average Bonchev–Trinajstić information content (AvgIpc) is 3.15. The summed E-state index contributed by atoms with van der Waals surface area (Å²) in [5.41, 5.74) is 8.75. The van der Waals surface area contributed by atoms with Gasteiger partial charge in [0, 0.05) is 18.4 Å². The quantitative estimate of drug-likeness (QED) is 0.909. The van der Waals surface area contributed by atoms with E-state index in [4.69, 9.17) is 10.7 Å². The van der Waals surface area contributed by atoms with Crippen molar-refractivity contribution >= 4 is 5.82 Å². The lowest BCUT2D eigenvalue weighted by Gasteiger charge is -2.12. The third-order valence-corrected chi connectivity index (χ3v) is 4.81. The number of anilines is 1. The predicted octanol–water partition coefficient (Wildman–Crippen LogP) is 4.29. The number of rotatable bonds is 4. The van der Waals surface area contributed by atoms with E-state index < -0.39 is 0 Å². The Morgan fingerprint density at radius 2 is 1.90 bits per heavy atom. The van der Waals surface area contributed by atoms with Crippen LogP contribution in [0.2, 0.25) is 0 Å². The maximum absolute atomic E-state index is 6.42. The zero-order valence-corrected chi connectivity index (χ0v) is 13.0. The van der Waals surface area contributed by atoms with Crippen LogP contribution in [0.1, 0.15) is 68.4 Å². The molecular weight excluding hydrogens is 258 g/mol. The van der Waals surface area contributed by atoms with E-state index in [9.17, 15) is 0 Å². The molecule has 1 aliphatic rings. The first kappa shape index (κ1) is 14.2. The molecule has 112 valence electrons. The Bertz CT molecular complexity index is 594. The molecule has 3 rings (SSSR count). The van der Waals surface area contributed by atoms with Crippen LogP contribution < -0.4 is 5.73 Å². The molecular formula is C18H25N3. The van der Waals surface area contributed by atoms with Crippen molar-refractivity contribution in [1.29, 1.82) is 0 Å². The molecule has 3 nitrogen and oxygen atoms in total. The van der Waals surface area contributed by atoms with Gasteiger partial charge < -0.3 is 10.3 Å². The molecule has 0 spiro atoms.